The summed E-state index contributed by atoms with van der Waals surface area (Å²) in [5.74, 6) is 0.318. The third-order valence-electron chi connectivity index (χ3n) is 2.44. The van der Waals surface area contributed by atoms with Crippen LogP contribution in [0.1, 0.15) is 11.9 Å². The normalized spacial score (nSPS) is 12.9. The van der Waals surface area contributed by atoms with Crippen LogP contribution in [0.5, 0.6) is 0 Å². The average molecular weight is 221 g/mol. The minimum absolute atomic E-state index is 0.318. The van der Waals surface area contributed by atoms with Gasteiger partial charge in [-0.15, -0.1) is 0 Å². The summed E-state index contributed by atoms with van der Waals surface area (Å²) in [6, 6.07) is 7.34. The average Bonchev–Trinajstić information content (AvgIpc) is 2.56. The number of hydrogen-bond acceptors (Lipinski definition) is 4. The number of benzene rings is 1. The lowest BCUT2D eigenvalue weighted by atomic mass is 10.3. The summed E-state index contributed by atoms with van der Waals surface area (Å²) >= 11 is 0. The van der Waals surface area contributed by atoms with Gasteiger partial charge in [-0.3, -0.25) is 10.1 Å². The van der Waals surface area contributed by atoms with Gasteiger partial charge >= 0.3 is 0 Å². The maximum absolute atomic E-state index is 10.3. The maximum atomic E-state index is 10.3. The van der Waals surface area contributed by atoms with E-state index in [-0.39, 0.29) is 0 Å². The van der Waals surface area contributed by atoms with Crippen molar-refractivity contribution in [1.29, 1.82) is 0 Å². The number of aromatic nitrogens is 2. The molecule has 0 fully saturated rings. The van der Waals surface area contributed by atoms with Gasteiger partial charge in [-0.1, -0.05) is 12.1 Å². The van der Waals surface area contributed by atoms with Gasteiger partial charge in [-0.05, 0) is 12.1 Å². The van der Waals surface area contributed by atoms with Gasteiger partial charge in [-0.25, -0.2) is 4.98 Å². The quantitative estimate of drug-likeness (QED) is 0.616. The van der Waals surface area contributed by atoms with E-state index < -0.39 is 17.6 Å². The summed E-state index contributed by atoms with van der Waals surface area (Å²) in [6.45, 7) is -0.531. The molecular weight excluding hydrogens is 210 g/mol. The van der Waals surface area contributed by atoms with E-state index in [1.54, 1.807) is 17.7 Å². The molecule has 1 aromatic carbocycles. The third kappa shape index (κ3) is 1.74. The first-order chi connectivity index (χ1) is 7.59. The van der Waals surface area contributed by atoms with Crippen molar-refractivity contribution in [2.45, 2.75) is 6.10 Å². The number of aliphatic hydroxyl groups excluding tert-OH is 1. The summed E-state index contributed by atoms with van der Waals surface area (Å²) in [5, 5.41) is 20.0. The highest BCUT2D eigenvalue weighted by atomic mass is 16.6. The van der Waals surface area contributed by atoms with Crippen molar-refractivity contribution in [3.8, 4) is 0 Å². The second-order valence-electron chi connectivity index (χ2n) is 3.55. The molecule has 1 aromatic heterocycles. The number of aryl methyl sites for hydroxylation is 1. The molecule has 6 nitrogen and oxygen atoms in total. The standard InChI is InChI=1S/C10H11N3O3/c1-12-8-5-3-2-4-7(8)11-10(12)9(14)6-13(15)16/h2-5,9,14H,6H2,1H3. The van der Waals surface area contributed by atoms with Gasteiger partial charge in [-0.2, -0.15) is 0 Å². The number of hydrogen-bond donors (Lipinski definition) is 1. The molecule has 1 N–H and O–H groups in total. The number of fused-ring (bicyclic) bond motifs is 1. The largest absolute Gasteiger partial charge is 0.379 e. The van der Waals surface area contributed by atoms with E-state index >= 15 is 0 Å². The third-order valence-corrected chi connectivity index (χ3v) is 2.44. The molecule has 6 heteroatoms. The van der Waals surface area contributed by atoms with Gasteiger partial charge in [0, 0.05) is 12.0 Å². The van der Waals surface area contributed by atoms with Crippen LogP contribution in [0, 0.1) is 10.1 Å². The Kier molecular flexibility index (Phi) is 2.57. The Morgan fingerprint density at radius 3 is 2.88 bits per heavy atom. The van der Waals surface area contributed by atoms with Gasteiger partial charge in [0.25, 0.3) is 0 Å². The van der Waals surface area contributed by atoms with Crippen LogP contribution in [0.2, 0.25) is 0 Å². The predicted molar refractivity (Wildman–Crippen MR) is 57.5 cm³/mol. The minimum Gasteiger partial charge on any atom is -0.379 e. The van der Waals surface area contributed by atoms with E-state index in [9.17, 15) is 15.2 Å². The Bertz CT molecular complexity index is 535. The van der Waals surface area contributed by atoms with E-state index in [1.807, 2.05) is 18.2 Å². The zero-order chi connectivity index (χ0) is 11.7. The highest BCUT2D eigenvalue weighted by Gasteiger charge is 2.20. The Morgan fingerprint density at radius 1 is 1.56 bits per heavy atom. The molecule has 1 atom stereocenters. The summed E-state index contributed by atoms with van der Waals surface area (Å²) in [7, 11) is 1.73. The molecule has 1 unspecified atom stereocenters. The van der Waals surface area contributed by atoms with Crippen molar-refractivity contribution in [2.24, 2.45) is 7.05 Å². The molecule has 0 radical (unpaired) electrons. The minimum atomic E-state index is -1.17. The molecule has 0 amide bonds. The lowest BCUT2D eigenvalue weighted by molar-refractivity contribution is -0.491. The first kappa shape index (κ1) is 10.6. The fourth-order valence-electron chi connectivity index (χ4n) is 1.69. The van der Waals surface area contributed by atoms with Crippen LogP contribution in [-0.4, -0.2) is 26.1 Å². The number of aliphatic hydroxyl groups is 1. The van der Waals surface area contributed by atoms with Gasteiger partial charge in [0.2, 0.25) is 6.54 Å². The van der Waals surface area contributed by atoms with Crippen molar-refractivity contribution in [3.63, 3.8) is 0 Å². The molecule has 0 saturated carbocycles. The Morgan fingerprint density at radius 2 is 2.25 bits per heavy atom. The van der Waals surface area contributed by atoms with Gasteiger partial charge in [0.15, 0.2) is 6.10 Å². The van der Waals surface area contributed by atoms with Crippen LogP contribution < -0.4 is 0 Å². The van der Waals surface area contributed by atoms with Crippen molar-refractivity contribution in [3.05, 3.63) is 40.2 Å². The van der Waals surface area contributed by atoms with Crippen molar-refractivity contribution >= 4 is 11.0 Å². The molecule has 0 aliphatic heterocycles. The van der Waals surface area contributed by atoms with Gasteiger partial charge in [0.1, 0.15) is 5.82 Å². The van der Waals surface area contributed by atoms with E-state index in [1.165, 1.54) is 0 Å². The summed E-state index contributed by atoms with van der Waals surface area (Å²) in [4.78, 5) is 13.9. The van der Waals surface area contributed by atoms with Crippen LogP contribution in [0.15, 0.2) is 24.3 Å². The maximum Gasteiger partial charge on any atom is 0.236 e. The van der Waals surface area contributed by atoms with Crippen molar-refractivity contribution in [1.82, 2.24) is 9.55 Å². The highest BCUT2D eigenvalue weighted by Crippen LogP contribution is 2.19. The molecule has 0 aliphatic carbocycles. The second-order valence-corrected chi connectivity index (χ2v) is 3.55. The van der Waals surface area contributed by atoms with Crippen LogP contribution in [0.25, 0.3) is 11.0 Å². The lowest BCUT2D eigenvalue weighted by Gasteiger charge is -2.05. The molecule has 0 bridgehead atoms. The molecule has 1 heterocycles. The Hall–Kier alpha value is -1.95. The zero-order valence-corrected chi connectivity index (χ0v) is 8.70. The molecule has 0 spiro atoms. The van der Waals surface area contributed by atoms with Crippen LogP contribution in [0.4, 0.5) is 0 Å². The topological polar surface area (TPSA) is 81.2 Å². The number of imidazole rings is 1. The predicted octanol–water partition coefficient (Wildman–Crippen LogP) is 0.883. The van der Waals surface area contributed by atoms with E-state index in [4.69, 9.17) is 0 Å². The zero-order valence-electron chi connectivity index (χ0n) is 8.70. The molecule has 2 rings (SSSR count). The van der Waals surface area contributed by atoms with Crippen molar-refractivity contribution < 1.29 is 10.0 Å². The van der Waals surface area contributed by atoms with Crippen molar-refractivity contribution in [2.75, 3.05) is 6.54 Å². The molecule has 16 heavy (non-hydrogen) atoms. The first-order valence-corrected chi connectivity index (χ1v) is 4.81. The molecule has 2 aromatic rings. The number of nitro groups is 1. The van der Waals surface area contributed by atoms with Gasteiger partial charge in [0.05, 0.1) is 11.0 Å². The SMILES string of the molecule is Cn1c(C(O)C[N+](=O)[O-])nc2ccccc21. The Labute approximate surface area is 91.3 Å². The first-order valence-electron chi connectivity index (χ1n) is 4.81. The summed E-state index contributed by atoms with van der Waals surface area (Å²) in [5.41, 5.74) is 1.57. The number of rotatable bonds is 3. The fraction of sp³-hybridized carbons (Fsp3) is 0.300. The smallest absolute Gasteiger partial charge is 0.236 e. The molecular formula is C10H11N3O3. The highest BCUT2D eigenvalue weighted by molar-refractivity contribution is 5.75. The van der Waals surface area contributed by atoms with Gasteiger partial charge < -0.3 is 9.67 Å². The second kappa shape index (κ2) is 3.90. The molecule has 84 valence electrons. The monoisotopic (exact) mass is 221 g/mol. The van der Waals surface area contributed by atoms with Crippen LogP contribution in [-0.2, 0) is 7.05 Å². The van der Waals surface area contributed by atoms with E-state index in [0.29, 0.717) is 5.82 Å². The summed E-state index contributed by atoms with van der Waals surface area (Å²) < 4.78 is 1.67. The fourth-order valence-corrected chi connectivity index (χ4v) is 1.69. The van der Waals surface area contributed by atoms with E-state index in [2.05, 4.69) is 4.98 Å². The number of para-hydroxylation sites is 2. The Balaban J connectivity index is 2.45. The number of nitrogens with zero attached hydrogens (tertiary/aromatic N) is 3. The lowest BCUT2D eigenvalue weighted by Crippen LogP contribution is -2.15. The molecule has 0 aliphatic rings. The summed E-state index contributed by atoms with van der Waals surface area (Å²) in [6.07, 6.45) is -1.17. The molecule has 0 saturated heterocycles. The van der Waals surface area contributed by atoms with Crippen LogP contribution >= 0.6 is 0 Å². The van der Waals surface area contributed by atoms with E-state index in [0.717, 1.165) is 11.0 Å². The van der Waals surface area contributed by atoms with Crippen LogP contribution in [0.3, 0.4) is 0 Å².